The molecule has 1 aliphatic carbocycles. The minimum Gasteiger partial charge on any atom is -0.394 e. The number of anilines is 1. The van der Waals surface area contributed by atoms with Gasteiger partial charge in [0.2, 0.25) is 0 Å². The molecule has 0 aromatic carbocycles. The van der Waals surface area contributed by atoms with Crippen molar-refractivity contribution in [3.8, 4) is 0 Å². The van der Waals surface area contributed by atoms with Crippen LogP contribution >= 0.6 is 11.8 Å². The second kappa shape index (κ2) is 8.44. The van der Waals surface area contributed by atoms with Crippen molar-refractivity contribution in [1.82, 2.24) is 25.0 Å². The lowest BCUT2D eigenvalue weighted by Crippen LogP contribution is -2.31. The highest BCUT2D eigenvalue weighted by atomic mass is 32.2. The van der Waals surface area contributed by atoms with Crippen LogP contribution in [-0.4, -0.2) is 78.1 Å². The van der Waals surface area contributed by atoms with Gasteiger partial charge >= 0.3 is 0 Å². The van der Waals surface area contributed by atoms with Crippen LogP contribution < -0.4 is 5.73 Å². The Balaban J connectivity index is 1.86. The van der Waals surface area contributed by atoms with Gasteiger partial charge in [0.05, 0.1) is 32.0 Å². The molecule has 1 fully saturated rings. The highest BCUT2D eigenvalue weighted by Crippen LogP contribution is 2.37. The number of fused-ring (bicyclic) bond motifs is 1. The van der Waals surface area contributed by atoms with Crippen LogP contribution in [-0.2, 0) is 4.74 Å². The maximum absolute atomic E-state index is 10.5. The van der Waals surface area contributed by atoms with Crippen LogP contribution in [0.25, 0.3) is 11.2 Å². The monoisotopic (exact) mass is 384 g/mol. The van der Waals surface area contributed by atoms with E-state index in [9.17, 15) is 10.2 Å². The molecule has 2 heterocycles. The van der Waals surface area contributed by atoms with E-state index in [1.54, 1.807) is 0 Å². The van der Waals surface area contributed by atoms with Crippen LogP contribution in [0, 0.1) is 5.92 Å². The number of aromatic nitrogens is 5. The maximum atomic E-state index is 10.5. The van der Waals surface area contributed by atoms with Crippen molar-refractivity contribution in [1.29, 1.82) is 0 Å². The highest BCUT2D eigenvalue weighted by Gasteiger charge is 2.43. The molecule has 0 bridgehead atoms. The van der Waals surface area contributed by atoms with Crippen molar-refractivity contribution in [2.24, 2.45) is 5.92 Å². The number of rotatable bonds is 8. The van der Waals surface area contributed by atoms with Gasteiger partial charge in [0, 0.05) is 11.7 Å². The van der Waals surface area contributed by atoms with Crippen molar-refractivity contribution in [2.45, 2.75) is 43.2 Å². The van der Waals surface area contributed by atoms with Gasteiger partial charge in [-0.15, -0.1) is 5.10 Å². The van der Waals surface area contributed by atoms with Crippen molar-refractivity contribution in [2.75, 3.05) is 31.3 Å². The molecule has 5 N–H and O–H groups in total. The Kier molecular flexibility index (Phi) is 6.24. The Morgan fingerprint density at radius 3 is 2.85 bits per heavy atom. The predicted octanol–water partition coefficient (Wildman–Crippen LogP) is -0.403. The molecule has 2 aromatic heterocycles. The molecule has 0 unspecified atom stereocenters. The molecule has 0 radical (unpaired) electrons. The number of hydrogen-bond donors (Lipinski definition) is 4. The molecule has 10 nitrogen and oxygen atoms in total. The van der Waals surface area contributed by atoms with E-state index < -0.39 is 18.2 Å². The molecule has 4 atom stereocenters. The second-order valence-electron chi connectivity index (χ2n) is 6.29. The van der Waals surface area contributed by atoms with Crippen LogP contribution in [0.5, 0.6) is 0 Å². The molecule has 0 aliphatic heterocycles. The number of nitrogens with two attached hydrogens (primary N) is 1. The Labute approximate surface area is 154 Å². The molecular weight excluding hydrogens is 360 g/mol. The summed E-state index contributed by atoms with van der Waals surface area (Å²) in [5.74, 6) is 0.839. The first-order valence-corrected chi connectivity index (χ1v) is 9.61. The molecule has 1 aliphatic rings. The van der Waals surface area contributed by atoms with Gasteiger partial charge in [-0.2, -0.15) is 0 Å². The van der Waals surface area contributed by atoms with Gasteiger partial charge in [0.25, 0.3) is 0 Å². The summed E-state index contributed by atoms with van der Waals surface area (Å²) in [6.07, 6.45) is -0.545. The highest BCUT2D eigenvalue weighted by molar-refractivity contribution is 7.99. The zero-order valence-corrected chi connectivity index (χ0v) is 15.3. The fourth-order valence-electron chi connectivity index (χ4n) is 3.12. The zero-order chi connectivity index (χ0) is 18.7. The molecule has 0 saturated heterocycles. The van der Waals surface area contributed by atoms with Crippen molar-refractivity contribution in [3.05, 3.63) is 0 Å². The number of hydrogen-bond acceptors (Lipinski definition) is 10. The van der Waals surface area contributed by atoms with E-state index in [1.807, 2.05) is 0 Å². The van der Waals surface area contributed by atoms with E-state index in [0.29, 0.717) is 22.7 Å². The number of ether oxygens (including phenoxy) is 1. The summed E-state index contributed by atoms with van der Waals surface area (Å²) in [7, 11) is 0. The van der Waals surface area contributed by atoms with Gasteiger partial charge in [-0.05, 0) is 12.8 Å². The van der Waals surface area contributed by atoms with Gasteiger partial charge in [-0.1, -0.05) is 23.9 Å². The van der Waals surface area contributed by atoms with E-state index >= 15 is 0 Å². The van der Waals surface area contributed by atoms with Gasteiger partial charge < -0.3 is 25.8 Å². The summed E-state index contributed by atoms with van der Waals surface area (Å²) in [5, 5.41) is 38.3. The van der Waals surface area contributed by atoms with Crippen molar-refractivity contribution in [3.63, 3.8) is 0 Å². The normalized spacial score (nSPS) is 26.0. The van der Waals surface area contributed by atoms with E-state index in [0.717, 1.165) is 12.2 Å². The lowest BCUT2D eigenvalue weighted by Gasteiger charge is -2.17. The van der Waals surface area contributed by atoms with Gasteiger partial charge in [-0.3, -0.25) is 0 Å². The Bertz CT molecular complexity index is 744. The Morgan fingerprint density at radius 2 is 2.12 bits per heavy atom. The summed E-state index contributed by atoms with van der Waals surface area (Å²) in [4.78, 5) is 8.73. The van der Waals surface area contributed by atoms with Crippen LogP contribution in [0.4, 0.5) is 5.82 Å². The van der Waals surface area contributed by atoms with Crippen LogP contribution in [0.2, 0.25) is 0 Å². The molecule has 1 saturated carbocycles. The van der Waals surface area contributed by atoms with Crippen LogP contribution in [0.15, 0.2) is 5.16 Å². The lowest BCUT2D eigenvalue weighted by atomic mass is 10.1. The number of nitrogen functional groups attached to an aromatic ring is 1. The number of aliphatic hydroxyl groups excluding tert-OH is 3. The molecule has 144 valence electrons. The van der Waals surface area contributed by atoms with Crippen LogP contribution in [0.1, 0.15) is 25.8 Å². The molecule has 3 rings (SSSR count). The third-order valence-corrected chi connectivity index (χ3v) is 5.47. The first-order valence-electron chi connectivity index (χ1n) is 8.62. The van der Waals surface area contributed by atoms with E-state index in [2.05, 4.69) is 27.2 Å². The molecular formula is C15H24N6O4S. The zero-order valence-electron chi connectivity index (χ0n) is 14.5. The van der Waals surface area contributed by atoms with Crippen molar-refractivity contribution >= 4 is 28.7 Å². The van der Waals surface area contributed by atoms with Gasteiger partial charge in [0.1, 0.15) is 6.10 Å². The van der Waals surface area contributed by atoms with E-state index in [1.165, 1.54) is 16.4 Å². The Morgan fingerprint density at radius 1 is 1.31 bits per heavy atom. The summed E-state index contributed by atoms with van der Waals surface area (Å²) < 4.78 is 6.82. The summed E-state index contributed by atoms with van der Waals surface area (Å²) in [5.41, 5.74) is 6.81. The van der Waals surface area contributed by atoms with E-state index in [-0.39, 0.29) is 31.6 Å². The minimum atomic E-state index is -1.02. The number of aliphatic hydroxyl groups is 3. The molecule has 0 spiro atoms. The smallest absolute Gasteiger partial charge is 0.191 e. The summed E-state index contributed by atoms with van der Waals surface area (Å²) in [6, 6.07) is -0.490. The predicted molar refractivity (Wildman–Crippen MR) is 95.6 cm³/mol. The quantitative estimate of drug-likeness (QED) is 0.268. The SMILES string of the molecule is CCCSc1nc(N)c2nnn([C@@H]3C[C@H](COCCO)[C@@H](O)[C@H]3O)c2n1. The first kappa shape index (κ1) is 19.2. The topological polar surface area (TPSA) is 152 Å². The molecule has 0 amide bonds. The minimum absolute atomic E-state index is 0.0864. The standard InChI is InChI=1S/C15H24N6O4S/c1-2-5-26-15-17-13(16)10-14(18-15)21(20-19-10)9-6-8(7-25-4-3-22)11(23)12(9)24/h8-9,11-12,22-24H,2-7H2,1H3,(H2,16,17,18)/t8-,9-,11-,12+/m1/s1. The van der Waals surface area contributed by atoms with E-state index in [4.69, 9.17) is 15.6 Å². The number of nitrogens with zero attached hydrogens (tertiary/aromatic N) is 5. The lowest BCUT2D eigenvalue weighted by molar-refractivity contribution is -0.0199. The largest absolute Gasteiger partial charge is 0.394 e. The maximum Gasteiger partial charge on any atom is 0.191 e. The molecule has 11 heteroatoms. The van der Waals surface area contributed by atoms with Gasteiger partial charge in [0.15, 0.2) is 22.1 Å². The first-order chi connectivity index (χ1) is 12.6. The van der Waals surface area contributed by atoms with Crippen LogP contribution in [0.3, 0.4) is 0 Å². The summed E-state index contributed by atoms with van der Waals surface area (Å²) in [6.45, 7) is 2.42. The average Bonchev–Trinajstić information content (AvgIpc) is 3.16. The molecule has 2 aromatic rings. The third-order valence-electron chi connectivity index (χ3n) is 4.42. The third kappa shape index (κ3) is 3.76. The van der Waals surface area contributed by atoms with Crippen molar-refractivity contribution < 1.29 is 20.1 Å². The fourth-order valence-corrected chi connectivity index (χ4v) is 3.82. The molecule has 26 heavy (non-hydrogen) atoms. The summed E-state index contributed by atoms with van der Waals surface area (Å²) >= 11 is 1.49. The second-order valence-corrected chi connectivity index (χ2v) is 7.35. The number of thioether (sulfide) groups is 1. The fraction of sp³-hybridized carbons (Fsp3) is 0.733. The Hall–Kier alpha value is -1.53. The average molecular weight is 384 g/mol. The van der Waals surface area contributed by atoms with Gasteiger partial charge in [-0.25, -0.2) is 14.6 Å².